The van der Waals surface area contributed by atoms with Gasteiger partial charge in [-0.15, -0.1) is 0 Å². The molecule has 1 aliphatic rings. The number of halogens is 3. The summed E-state index contributed by atoms with van der Waals surface area (Å²) in [4.78, 5) is 12.4. The van der Waals surface area contributed by atoms with E-state index in [2.05, 4.69) is 0 Å². The molecular formula is C19H23F3N2O4S. The number of hydrogen-bond acceptors (Lipinski definition) is 4. The molecule has 6 nitrogen and oxygen atoms in total. The highest BCUT2D eigenvalue weighted by atomic mass is 32.2. The van der Waals surface area contributed by atoms with Crippen molar-refractivity contribution in [3.05, 3.63) is 30.0 Å². The molecule has 0 atom stereocenters. The van der Waals surface area contributed by atoms with Gasteiger partial charge in [-0.1, -0.05) is 19.3 Å². The molecule has 0 spiro atoms. The average Bonchev–Trinajstić information content (AvgIpc) is 2.99. The van der Waals surface area contributed by atoms with Crippen molar-refractivity contribution in [1.82, 2.24) is 4.57 Å². The van der Waals surface area contributed by atoms with E-state index >= 15 is 0 Å². The Labute approximate surface area is 167 Å². The van der Waals surface area contributed by atoms with Crippen molar-refractivity contribution in [3.63, 3.8) is 0 Å². The number of esters is 1. The number of anilines is 1. The molecule has 0 unspecified atom stereocenters. The second-order valence-electron chi connectivity index (χ2n) is 7.19. The Morgan fingerprint density at radius 2 is 1.90 bits per heavy atom. The highest BCUT2D eigenvalue weighted by molar-refractivity contribution is 7.93. The Bertz CT molecular complexity index is 993. The summed E-state index contributed by atoms with van der Waals surface area (Å²) < 4.78 is 69.1. The Morgan fingerprint density at radius 3 is 2.52 bits per heavy atom. The molecule has 0 saturated heterocycles. The number of aromatic nitrogens is 1. The van der Waals surface area contributed by atoms with Gasteiger partial charge in [0.1, 0.15) is 5.69 Å². The van der Waals surface area contributed by atoms with Crippen molar-refractivity contribution < 1.29 is 31.1 Å². The summed E-state index contributed by atoms with van der Waals surface area (Å²) in [5.74, 6) is -0.118. The molecule has 29 heavy (non-hydrogen) atoms. The highest BCUT2D eigenvalue weighted by Crippen LogP contribution is 2.31. The standard InChI is InChI=1S/C19H23F3N2O4S/c1-2-28-18(25)17-11-14-10-15(23-29(26,27)19(20,21)22)8-9-16(14)24(17)12-13-6-4-3-5-7-13/h8-11,13,23H,2-7,12H2,1H3. The van der Waals surface area contributed by atoms with Gasteiger partial charge in [-0.05, 0) is 49.9 Å². The first-order chi connectivity index (χ1) is 13.6. The van der Waals surface area contributed by atoms with E-state index in [1.165, 1.54) is 35.4 Å². The number of sulfonamides is 1. The van der Waals surface area contributed by atoms with Crippen LogP contribution >= 0.6 is 0 Å². The van der Waals surface area contributed by atoms with Crippen molar-refractivity contribution >= 4 is 32.6 Å². The predicted molar refractivity (Wildman–Crippen MR) is 103 cm³/mol. The van der Waals surface area contributed by atoms with Crippen LogP contribution in [0, 0.1) is 5.92 Å². The molecule has 1 aromatic heterocycles. The molecular weight excluding hydrogens is 409 g/mol. The number of nitrogens with zero attached hydrogens (tertiary/aromatic N) is 1. The molecule has 0 bridgehead atoms. The minimum atomic E-state index is -5.52. The maximum atomic E-state index is 12.6. The van der Waals surface area contributed by atoms with Crippen LogP contribution in [0.1, 0.15) is 49.5 Å². The SMILES string of the molecule is CCOC(=O)c1cc2cc(NS(=O)(=O)C(F)(F)F)ccc2n1CC1CCCCC1. The third kappa shape index (κ3) is 4.68. The Morgan fingerprint density at radius 1 is 1.21 bits per heavy atom. The van der Waals surface area contributed by atoms with Crippen molar-refractivity contribution in [2.24, 2.45) is 5.92 Å². The molecule has 1 aromatic carbocycles. The summed E-state index contributed by atoms with van der Waals surface area (Å²) in [5.41, 5.74) is -4.68. The monoisotopic (exact) mass is 432 g/mol. The number of carbonyl (C=O) groups excluding carboxylic acids is 1. The largest absolute Gasteiger partial charge is 0.516 e. The number of rotatable bonds is 6. The second kappa shape index (κ2) is 8.25. The summed E-state index contributed by atoms with van der Waals surface area (Å²) in [7, 11) is -5.52. The molecule has 0 amide bonds. The number of carbonyl (C=O) groups is 1. The van der Waals surface area contributed by atoms with Gasteiger partial charge in [-0.3, -0.25) is 4.72 Å². The van der Waals surface area contributed by atoms with Gasteiger partial charge in [0.15, 0.2) is 0 Å². The molecule has 0 radical (unpaired) electrons. The fourth-order valence-electron chi connectivity index (χ4n) is 3.75. The van der Waals surface area contributed by atoms with Gasteiger partial charge in [-0.2, -0.15) is 21.6 Å². The van der Waals surface area contributed by atoms with E-state index in [0.717, 1.165) is 25.7 Å². The van der Waals surface area contributed by atoms with Crippen LogP contribution in [0.5, 0.6) is 0 Å². The summed E-state index contributed by atoms with van der Waals surface area (Å²) in [6.07, 6.45) is 5.54. The third-order valence-corrected chi connectivity index (χ3v) is 6.22. The Balaban J connectivity index is 1.99. The van der Waals surface area contributed by atoms with Crippen molar-refractivity contribution in [1.29, 1.82) is 0 Å². The van der Waals surface area contributed by atoms with Crippen molar-refractivity contribution in [2.45, 2.75) is 51.1 Å². The van der Waals surface area contributed by atoms with Gasteiger partial charge in [0.05, 0.1) is 6.61 Å². The first-order valence-electron chi connectivity index (χ1n) is 9.52. The van der Waals surface area contributed by atoms with Crippen LogP contribution in [0.15, 0.2) is 24.3 Å². The van der Waals surface area contributed by atoms with Crippen LogP contribution in [-0.4, -0.2) is 31.1 Å². The molecule has 1 N–H and O–H groups in total. The lowest BCUT2D eigenvalue weighted by Crippen LogP contribution is -2.29. The molecule has 1 aliphatic carbocycles. The molecule has 0 aliphatic heterocycles. The lowest BCUT2D eigenvalue weighted by atomic mass is 9.89. The first-order valence-corrected chi connectivity index (χ1v) is 11.0. The lowest BCUT2D eigenvalue weighted by Gasteiger charge is -2.23. The lowest BCUT2D eigenvalue weighted by molar-refractivity contribution is -0.0429. The highest BCUT2D eigenvalue weighted by Gasteiger charge is 2.46. The van der Waals surface area contributed by atoms with Gasteiger partial charge in [-0.25, -0.2) is 4.79 Å². The minimum absolute atomic E-state index is 0.195. The fraction of sp³-hybridized carbons (Fsp3) is 0.526. The number of ether oxygens (including phenoxy) is 1. The van der Waals surface area contributed by atoms with E-state index in [-0.39, 0.29) is 12.3 Å². The second-order valence-corrected chi connectivity index (χ2v) is 8.86. The van der Waals surface area contributed by atoms with Crippen molar-refractivity contribution in [3.8, 4) is 0 Å². The minimum Gasteiger partial charge on any atom is -0.461 e. The number of alkyl halides is 3. The van der Waals surface area contributed by atoms with E-state index in [0.29, 0.717) is 29.1 Å². The van der Waals surface area contributed by atoms with E-state index in [1.807, 2.05) is 4.57 Å². The van der Waals surface area contributed by atoms with E-state index in [1.54, 1.807) is 6.92 Å². The number of nitrogens with one attached hydrogen (secondary N) is 1. The third-order valence-electron chi connectivity index (χ3n) is 5.11. The first kappa shape index (κ1) is 21.5. The zero-order valence-corrected chi connectivity index (χ0v) is 16.8. The van der Waals surface area contributed by atoms with Gasteiger partial charge >= 0.3 is 21.5 Å². The summed E-state index contributed by atoms with van der Waals surface area (Å²) in [5, 5.41) is 0.464. The molecule has 2 aromatic rings. The zero-order valence-electron chi connectivity index (χ0n) is 16.0. The Hall–Kier alpha value is -2.23. The summed E-state index contributed by atoms with van der Waals surface area (Å²) in [6.45, 7) is 2.49. The van der Waals surface area contributed by atoms with E-state index in [4.69, 9.17) is 4.74 Å². The number of hydrogen-bond donors (Lipinski definition) is 1. The van der Waals surface area contributed by atoms with Gasteiger partial charge < -0.3 is 9.30 Å². The fourth-order valence-corrected chi connectivity index (χ4v) is 4.30. The van der Waals surface area contributed by atoms with Gasteiger partial charge in [0.2, 0.25) is 0 Å². The molecule has 10 heteroatoms. The van der Waals surface area contributed by atoms with Crippen LogP contribution in [0.25, 0.3) is 10.9 Å². The number of fused-ring (bicyclic) bond motifs is 1. The van der Waals surface area contributed by atoms with Gasteiger partial charge in [0, 0.05) is 23.1 Å². The Kier molecular flexibility index (Phi) is 6.11. The van der Waals surface area contributed by atoms with Crippen molar-refractivity contribution in [2.75, 3.05) is 11.3 Å². The maximum absolute atomic E-state index is 12.6. The van der Waals surface area contributed by atoms with E-state index in [9.17, 15) is 26.4 Å². The zero-order chi connectivity index (χ0) is 21.2. The normalized spacial score (nSPS) is 16.1. The van der Waals surface area contributed by atoms with Crippen LogP contribution in [0.4, 0.5) is 18.9 Å². The van der Waals surface area contributed by atoms with Crippen LogP contribution in [0.2, 0.25) is 0 Å². The van der Waals surface area contributed by atoms with Crippen LogP contribution in [0.3, 0.4) is 0 Å². The van der Waals surface area contributed by atoms with Crippen LogP contribution in [-0.2, 0) is 21.3 Å². The van der Waals surface area contributed by atoms with Gasteiger partial charge in [0.25, 0.3) is 0 Å². The number of benzene rings is 1. The topological polar surface area (TPSA) is 77.4 Å². The molecule has 1 fully saturated rings. The smallest absolute Gasteiger partial charge is 0.461 e. The summed E-state index contributed by atoms with van der Waals surface area (Å²) >= 11 is 0. The summed E-state index contributed by atoms with van der Waals surface area (Å²) in [6, 6.07) is 5.60. The predicted octanol–water partition coefficient (Wildman–Crippen LogP) is 4.66. The van der Waals surface area contributed by atoms with E-state index < -0.39 is 21.5 Å². The molecule has 160 valence electrons. The average molecular weight is 432 g/mol. The van der Waals surface area contributed by atoms with Crippen LogP contribution < -0.4 is 4.72 Å². The maximum Gasteiger partial charge on any atom is 0.516 e. The quantitative estimate of drug-likeness (QED) is 0.674. The molecule has 3 rings (SSSR count). The molecule has 1 saturated carbocycles. The molecule has 1 heterocycles.